The Bertz CT molecular complexity index is 765. The molecule has 1 fully saturated rings. The van der Waals surface area contributed by atoms with E-state index < -0.39 is 0 Å². The van der Waals surface area contributed by atoms with Crippen molar-refractivity contribution in [1.82, 2.24) is 10.2 Å². The van der Waals surface area contributed by atoms with Crippen LogP contribution >= 0.6 is 11.8 Å². The van der Waals surface area contributed by atoms with Gasteiger partial charge in [-0.05, 0) is 42.0 Å². The van der Waals surface area contributed by atoms with Gasteiger partial charge < -0.3 is 14.8 Å². The van der Waals surface area contributed by atoms with E-state index in [0.717, 1.165) is 29.3 Å². The van der Waals surface area contributed by atoms with E-state index in [0.29, 0.717) is 31.9 Å². The van der Waals surface area contributed by atoms with Gasteiger partial charge in [-0.1, -0.05) is 12.1 Å². The number of carbonyl (C=O) groups excluding carboxylic acids is 1. The first kappa shape index (κ1) is 21.6. The molecule has 0 bridgehead atoms. The van der Waals surface area contributed by atoms with E-state index in [1.807, 2.05) is 24.3 Å². The van der Waals surface area contributed by atoms with Crippen LogP contribution in [0.2, 0.25) is 0 Å². The molecule has 1 amide bonds. The molecule has 5 nitrogen and oxygen atoms in total. The fraction of sp³-hybridized carbons (Fsp3) is 0.409. The van der Waals surface area contributed by atoms with Crippen LogP contribution in [0.15, 0.2) is 53.4 Å². The van der Waals surface area contributed by atoms with Crippen LogP contribution in [0.1, 0.15) is 18.0 Å². The highest BCUT2D eigenvalue weighted by Crippen LogP contribution is 2.23. The summed E-state index contributed by atoms with van der Waals surface area (Å²) in [5.74, 6) is 1.29. The first-order chi connectivity index (χ1) is 14.2. The van der Waals surface area contributed by atoms with Crippen molar-refractivity contribution < 1.29 is 18.7 Å². The van der Waals surface area contributed by atoms with Gasteiger partial charge in [0.15, 0.2) is 0 Å². The summed E-state index contributed by atoms with van der Waals surface area (Å²) in [5, 5.41) is 3.05. The van der Waals surface area contributed by atoms with Crippen molar-refractivity contribution in [2.75, 3.05) is 45.7 Å². The zero-order valence-electron chi connectivity index (χ0n) is 16.6. The van der Waals surface area contributed by atoms with Gasteiger partial charge in [-0.15, -0.1) is 11.8 Å². The number of benzene rings is 2. The van der Waals surface area contributed by atoms with Gasteiger partial charge >= 0.3 is 0 Å². The Hall–Kier alpha value is -2.09. The molecule has 0 aliphatic carbocycles. The van der Waals surface area contributed by atoms with Crippen LogP contribution < -0.4 is 10.1 Å². The first-order valence-corrected chi connectivity index (χ1v) is 10.7. The zero-order valence-corrected chi connectivity index (χ0v) is 17.4. The van der Waals surface area contributed by atoms with Crippen LogP contribution in [0.25, 0.3) is 0 Å². The lowest BCUT2D eigenvalue weighted by Gasteiger charge is -2.35. The van der Waals surface area contributed by atoms with E-state index in [4.69, 9.17) is 9.47 Å². The van der Waals surface area contributed by atoms with Gasteiger partial charge in [-0.2, -0.15) is 0 Å². The maximum absolute atomic E-state index is 13.3. The maximum Gasteiger partial charge on any atom is 0.220 e. The SMILES string of the molecule is COc1ccc(SCCC(=O)NCC(c2ccc(F)cc2)N2CCOCC2)cc1. The Morgan fingerprint density at radius 3 is 2.52 bits per heavy atom. The molecule has 2 aromatic carbocycles. The van der Waals surface area contributed by atoms with Crippen molar-refractivity contribution in [1.29, 1.82) is 0 Å². The number of halogens is 1. The summed E-state index contributed by atoms with van der Waals surface area (Å²) in [7, 11) is 1.64. The molecule has 1 saturated heterocycles. The van der Waals surface area contributed by atoms with Gasteiger partial charge in [-0.25, -0.2) is 4.39 Å². The van der Waals surface area contributed by atoms with Crippen molar-refractivity contribution in [3.05, 3.63) is 59.9 Å². The quantitative estimate of drug-likeness (QED) is 0.632. The molecule has 0 saturated carbocycles. The predicted octanol–water partition coefficient (Wildman–Crippen LogP) is 3.51. The predicted molar refractivity (Wildman–Crippen MR) is 113 cm³/mol. The van der Waals surface area contributed by atoms with E-state index in [9.17, 15) is 9.18 Å². The number of thioether (sulfide) groups is 1. The van der Waals surface area contributed by atoms with Crippen molar-refractivity contribution in [2.45, 2.75) is 17.4 Å². The third-order valence-corrected chi connectivity index (χ3v) is 5.90. The van der Waals surface area contributed by atoms with Crippen molar-refractivity contribution in [3.63, 3.8) is 0 Å². The Morgan fingerprint density at radius 2 is 1.86 bits per heavy atom. The molecule has 1 N–H and O–H groups in total. The van der Waals surface area contributed by atoms with Gasteiger partial charge in [0.05, 0.1) is 26.4 Å². The molecule has 0 aromatic heterocycles. The topological polar surface area (TPSA) is 50.8 Å². The lowest BCUT2D eigenvalue weighted by Crippen LogP contribution is -2.43. The monoisotopic (exact) mass is 418 g/mol. The van der Waals surface area contributed by atoms with Crippen LogP contribution in [0.3, 0.4) is 0 Å². The number of rotatable bonds is 9. The second-order valence-electron chi connectivity index (χ2n) is 6.79. The molecule has 1 unspecified atom stereocenters. The number of nitrogens with zero attached hydrogens (tertiary/aromatic N) is 1. The van der Waals surface area contributed by atoms with Crippen LogP contribution in [-0.4, -0.2) is 56.5 Å². The fourth-order valence-corrected chi connectivity index (χ4v) is 4.12. The highest BCUT2D eigenvalue weighted by Gasteiger charge is 2.23. The molecule has 7 heteroatoms. The zero-order chi connectivity index (χ0) is 20.5. The Morgan fingerprint density at radius 1 is 1.17 bits per heavy atom. The highest BCUT2D eigenvalue weighted by atomic mass is 32.2. The number of nitrogens with one attached hydrogen (secondary N) is 1. The molecule has 156 valence electrons. The summed E-state index contributed by atoms with van der Waals surface area (Å²) >= 11 is 1.64. The Balaban J connectivity index is 1.49. The minimum absolute atomic E-state index is 0.0118. The molecule has 0 radical (unpaired) electrons. The van der Waals surface area contributed by atoms with E-state index in [1.54, 1.807) is 31.0 Å². The third kappa shape index (κ3) is 6.73. The summed E-state index contributed by atoms with van der Waals surface area (Å²) in [4.78, 5) is 15.7. The lowest BCUT2D eigenvalue weighted by atomic mass is 10.0. The third-order valence-electron chi connectivity index (χ3n) is 4.89. The van der Waals surface area contributed by atoms with E-state index in [1.165, 1.54) is 12.1 Å². The number of methoxy groups -OCH3 is 1. The number of carbonyl (C=O) groups is 1. The molecule has 1 heterocycles. The smallest absolute Gasteiger partial charge is 0.220 e. The van der Waals surface area contributed by atoms with Gasteiger partial charge in [0.1, 0.15) is 11.6 Å². The summed E-state index contributed by atoms with van der Waals surface area (Å²) in [6.45, 7) is 3.43. The molecular formula is C22H27FN2O3S. The number of hydrogen-bond donors (Lipinski definition) is 1. The highest BCUT2D eigenvalue weighted by molar-refractivity contribution is 7.99. The first-order valence-electron chi connectivity index (χ1n) is 9.76. The Kier molecular flexibility index (Phi) is 8.34. The molecule has 29 heavy (non-hydrogen) atoms. The maximum atomic E-state index is 13.3. The molecule has 1 atom stereocenters. The van der Waals surface area contributed by atoms with Crippen LogP contribution in [0.5, 0.6) is 5.75 Å². The number of hydrogen-bond acceptors (Lipinski definition) is 5. The fourth-order valence-electron chi connectivity index (χ4n) is 3.26. The second-order valence-corrected chi connectivity index (χ2v) is 7.96. The van der Waals surface area contributed by atoms with Gasteiger partial charge in [0.25, 0.3) is 0 Å². The average molecular weight is 419 g/mol. The van der Waals surface area contributed by atoms with Crippen molar-refractivity contribution in [3.8, 4) is 5.75 Å². The van der Waals surface area contributed by atoms with Gasteiger partial charge in [-0.3, -0.25) is 9.69 Å². The molecule has 1 aliphatic heterocycles. The summed E-state index contributed by atoms with van der Waals surface area (Å²) in [5.41, 5.74) is 1.00. The van der Waals surface area contributed by atoms with Crippen LogP contribution in [0.4, 0.5) is 4.39 Å². The number of morpholine rings is 1. The minimum atomic E-state index is -0.255. The van der Waals surface area contributed by atoms with Crippen molar-refractivity contribution in [2.24, 2.45) is 0 Å². The largest absolute Gasteiger partial charge is 0.497 e. The van der Waals surface area contributed by atoms with Crippen LogP contribution in [0, 0.1) is 5.82 Å². The standard InChI is InChI=1S/C22H27FN2O3S/c1-27-19-6-8-20(9-7-19)29-15-10-22(26)24-16-21(25-11-13-28-14-12-25)17-2-4-18(23)5-3-17/h2-9,21H,10-16H2,1H3,(H,24,26). The number of amides is 1. The average Bonchev–Trinajstić information content (AvgIpc) is 2.76. The molecular weight excluding hydrogens is 391 g/mol. The van der Waals surface area contributed by atoms with Crippen LogP contribution in [-0.2, 0) is 9.53 Å². The van der Waals surface area contributed by atoms with Gasteiger partial charge in [0, 0.05) is 36.7 Å². The normalized spacial score (nSPS) is 15.7. The van der Waals surface area contributed by atoms with E-state index >= 15 is 0 Å². The molecule has 0 spiro atoms. The van der Waals surface area contributed by atoms with E-state index in [-0.39, 0.29) is 17.8 Å². The lowest BCUT2D eigenvalue weighted by molar-refractivity contribution is -0.121. The van der Waals surface area contributed by atoms with E-state index in [2.05, 4.69) is 10.2 Å². The molecule has 1 aliphatic rings. The Labute approximate surface area is 175 Å². The van der Waals surface area contributed by atoms with Gasteiger partial charge in [0.2, 0.25) is 5.91 Å². The minimum Gasteiger partial charge on any atom is -0.497 e. The summed E-state index contributed by atoms with van der Waals surface area (Å²) in [6.07, 6.45) is 0.440. The number of ether oxygens (including phenoxy) is 2. The summed E-state index contributed by atoms with van der Waals surface area (Å²) in [6, 6.07) is 14.3. The molecule has 2 aromatic rings. The van der Waals surface area contributed by atoms with Crippen molar-refractivity contribution >= 4 is 17.7 Å². The summed E-state index contributed by atoms with van der Waals surface area (Å²) < 4.78 is 23.9. The second kappa shape index (κ2) is 11.2. The molecule has 3 rings (SSSR count).